The highest BCUT2D eigenvalue weighted by atomic mass is 16.2. The molecule has 1 aromatic carbocycles. The minimum Gasteiger partial charge on any atom is -0.342 e. The predicted molar refractivity (Wildman–Crippen MR) is 99.7 cm³/mol. The van der Waals surface area contributed by atoms with Gasteiger partial charge in [0.15, 0.2) is 5.65 Å². The molecule has 3 aromatic rings. The fourth-order valence-electron chi connectivity index (χ4n) is 3.79. The number of aromatic nitrogens is 4. The molecule has 134 valence electrons. The van der Waals surface area contributed by atoms with Gasteiger partial charge in [0, 0.05) is 38.4 Å². The van der Waals surface area contributed by atoms with Crippen LogP contribution in [0.5, 0.6) is 0 Å². The van der Waals surface area contributed by atoms with Gasteiger partial charge in [-0.15, -0.1) is 0 Å². The van der Waals surface area contributed by atoms with Gasteiger partial charge in [0.2, 0.25) is 5.91 Å². The van der Waals surface area contributed by atoms with Crippen LogP contribution in [0.2, 0.25) is 0 Å². The lowest BCUT2D eigenvalue weighted by Gasteiger charge is -2.31. The Hall–Kier alpha value is -2.76. The van der Waals surface area contributed by atoms with E-state index in [-0.39, 0.29) is 5.91 Å². The van der Waals surface area contributed by atoms with Gasteiger partial charge in [-0.25, -0.2) is 14.6 Å². The Kier molecular flexibility index (Phi) is 4.41. The Labute approximate surface area is 152 Å². The summed E-state index contributed by atoms with van der Waals surface area (Å²) in [6.07, 6.45) is 5.73. The fraction of sp³-hybridized carbons (Fsp3) is 0.400. The third-order valence-electron chi connectivity index (χ3n) is 5.16. The number of fused-ring (bicyclic) bond motifs is 1. The highest BCUT2D eigenvalue weighted by Gasteiger charge is 2.27. The van der Waals surface area contributed by atoms with E-state index in [0.717, 1.165) is 48.4 Å². The zero-order valence-corrected chi connectivity index (χ0v) is 15.2. The van der Waals surface area contributed by atoms with Crippen molar-refractivity contribution in [1.29, 1.82) is 0 Å². The van der Waals surface area contributed by atoms with Crippen molar-refractivity contribution in [2.24, 2.45) is 7.05 Å². The molecular formula is C20H23N5O. The minimum absolute atomic E-state index is 0.208. The van der Waals surface area contributed by atoms with E-state index in [1.807, 2.05) is 24.1 Å². The molecule has 0 radical (unpaired) electrons. The molecule has 2 aromatic heterocycles. The van der Waals surface area contributed by atoms with E-state index in [9.17, 15) is 4.79 Å². The van der Waals surface area contributed by atoms with Crippen LogP contribution in [-0.2, 0) is 18.3 Å². The summed E-state index contributed by atoms with van der Waals surface area (Å²) in [5.74, 6) is 0.540. The first-order valence-electron chi connectivity index (χ1n) is 9.09. The number of rotatable bonds is 3. The summed E-state index contributed by atoms with van der Waals surface area (Å²) in [6.45, 7) is 3.60. The van der Waals surface area contributed by atoms with Crippen molar-refractivity contribution in [1.82, 2.24) is 24.6 Å². The fourth-order valence-corrected chi connectivity index (χ4v) is 3.79. The van der Waals surface area contributed by atoms with E-state index in [4.69, 9.17) is 0 Å². The second-order valence-electron chi connectivity index (χ2n) is 7.06. The van der Waals surface area contributed by atoms with Crippen LogP contribution >= 0.6 is 0 Å². The third-order valence-corrected chi connectivity index (χ3v) is 5.16. The van der Waals surface area contributed by atoms with Crippen LogP contribution in [0.3, 0.4) is 0 Å². The number of carbonyl (C=O) groups is 1. The van der Waals surface area contributed by atoms with Crippen LogP contribution in [0.25, 0.3) is 11.2 Å². The maximum atomic E-state index is 12.6. The van der Waals surface area contributed by atoms with Gasteiger partial charge in [0.05, 0.1) is 12.1 Å². The summed E-state index contributed by atoms with van der Waals surface area (Å²) >= 11 is 0. The number of benzene rings is 1. The van der Waals surface area contributed by atoms with Crippen molar-refractivity contribution < 1.29 is 4.79 Å². The molecule has 6 nitrogen and oxygen atoms in total. The number of likely N-dealkylation sites (tertiary alicyclic amines) is 1. The van der Waals surface area contributed by atoms with Gasteiger partial charge in [-0.1, -0.05) is 29.8 Å². The molecule has 0 saturated carbocycles. The number of amides is 1. The lowest BCUT2D eigenvalue weighted by Crippen LogP contribution is -2.38. The second-order valence-corrected chi connectivity index (χ2v) is 7.06. The van der Waals surface area contributed by atoms with Crippen molar-refractivity contribution in [2.75, 3.05) is 13.1 Å². The summed E-state index contributed by atoms with van der Waals surface area (Å²) in [5.41, 5.74) is 5.00. The molecule has 1 amide bonds. The van der Waals surface area contributed by atoms with E-state index in [1.54, 1.807) is 17.1 Å². The zero-order valence-electron chi connectivity index (χ0n) is 15.2. The van der Waals surface area contributed by atoms with Crippen LogP contribution in [0.15, 0.2) is 36.7 Å². The standard InChI is InChI=1S/C20H23N5O/c1-14-4-3-5-15(12-14)13-17(26)25-10-6-16(7-11-25)18-19-20(24(2)23-18)22-9-8-21-19/h3-5,8-9,12,16H,6-7,10-11,13H2,1-2H3. The van der Waals surface area contributed by atoms with Crippen molar-refractivity contribution >= 4 is 17.1 Å². The Morgan fingerprint density at radius 2 is 1.96 bits per heavy atom. The maximum absolute atomic E-state index is 12.6. The Morgan fingerprint density at radius 3 is 2.73 bits per heavy atom. The molecule has 0 N–H and O–H groups in total. The van der Waals surface area contributed by atoms with Gasteiger partial charge in [-0.05, 0) is 25.3 Å². The summed E-state index contributed by atoms with van der Waals surface area (Å²) in [6, 6.07) is 8.18. The average molecular weight is 349 g/mol. The number of aryl methyl sites for hydroxylation is 2. The Bertz CT molecular complexity index is 940. The SMILES string of the molecule is Cc1cccc(CC(=O)N2CCC(c3nn(C)c4nccnc34)CC2)c1. The number of hydrogen-bond acceptors (Lipinski definition) is 4. The first kappa shape index (κ1) is 16.7. The first-order chi connectivity index (χ1) is 12.6. The number of nitrogens with zero attached hydrogens (tertiary/aromatic N) is 5. The summed E-state index contributed by atoms with van der Waals surface area (Å²) in [5, 5.41) is 4.65. The van der Waals surface area contributed by atoms with Crippen LogP contribution in [0.1, 0.15) is 35.6 Å². The summed E-state index contributed by atoms with van der Waals surface area (Å²) in [7, 11) is 1.90. The van der Waals surface area contributed by atoms with Crippen LogP contribution in [-0.4, -0.2) is 43.6 Å². The van der Waals surface area contributed by atoms with Gasteiger partial charge in [-0.2, -0.15) is 5.10 Å². The maximum Gasteiger partial charge on any atom is 0.226 e. The first-order valence-corrected chi connectivity index (χ1v) is 9.09. The zero-order chi connectivity index (χ0) is 18.1. The molecule has 1 fully saturated rings. The average Bonchev–Trinajstić information content (AvgIpc) is 2.99. The van der Waals surface area contributed by atoms with E-state index in [0.29, 0.717) is 12.3 Å². The molecule has 0 spiro atoms. The van der Waals surface area contributed by atoms with Gasteiger partial charge in [0.25, 0.3) is 0 Å². The molecule has 0 unspecified atom stereocenters. The topological polar surface area (TPSA) is 63.9 Å². The van der Waals surface area contributed by atoms with E-state index >= 15 is 0 Å². The minimum atomic E-state index is 0.208. The molecule has 3 heterocycles. The molecule has 26 heavy (non-hydrogen) atoms. The van der Waals surface area contributed by atoms with Crippen molar-refractivity contribution in [2.45, 2.75) is 32.1 Å². The highest BCUT2D eigenvalue weighted by Crippen LogP contribution is 2.30. The second kappa shape index (κ2) is 6.86. The predicted octanol–water partition coefficient (Wildman–Crippen LogP) is 2.62. The summed E-state index contributed by atoms with van der Waals surface area (Å²) in [4.78, 5) is 23.4. The molecule has 1 aliphatic rings. The molecule has 0 aliphatic carbocycles. The van der Waals surface area contributed by atoms with Gasteiger partial charge < -0.3 is 4.90 Å². The van der Waals surface area contributed by atoms with E-state index in [2.05, 4.69) is 34.1 Å². The Morgan fingerprint density at radius 1 is 1.19 bits per heavy atom. The van der Waals surface area contributed by atoms with Crippen molar-refractivity contribution in [3.05, 3.63) is 53.5 Å². The lowest BCUT2D eigenvalue weighted by atomic mass is 9.92. The van der Waals surface area contributed by atoms with Crippen molar-refractivity contribution in [3.8, 4) is 0 Å². The molecule has 0 bridgehead atoms. The van der Waals surface area contributed by atoms with Crippen LogP contribution in [0, 0.1) is 6.92 Å². The van der Waals surface area contributed by atoms with Gasteiger partial charge in [0.1, 0.15) is 5.52 Å². The third kappa shape index (κ3) is 3.19. The quantitative estimate of drug-likeness (QED) is 0.729. The van der Waals surface area contributed by atoms with Crippen LogP contribution < -0.4 is 0 Å². The normalized spacial score (nSPS) is 15.5. The molecule has 1 aliphatic heterocycles. The lowest BCUT2D eigenvalue weighted by molar-refractivity contribution is -0.131. The van der Waals surface area contributed by atoms with Crippen LogP contribution in [0.4, 0.5) is 0 Å². The van der Waals surface area contributed by atoms with Crippen molar-refractivity contribution in [3.63, 3.8) is 0 Å². The van der Waals surface area contributed by atoms with Gasteiger partial charge in [-0.3, -0.25) is 4.79 Å². The number of carbonyl (C=O) groups excluding carboxylic acids is 1. The number of piperidine rings is 1. The molecule has 0 atom stereocenters. The van der Waals surface area contributed by atoms with Gasteiger partial charge >= 0.3 is 0 Å². The number of hydrogen-bond donors (Lipinski definition) is 0. The highest BCUT2D eigenvalue weighted by molar-refractivity contribution is 5.79. The Balaban J connectivity index is 1.43. The smallest absolute Gasteiger partial charge is 0.226 e. The largest absolute Gasteiger partial charge is 0.342 e. The molecule has 4 rings (SSSR count). The van der Waals surface area contributed by atoms with E-state index in [1.165, 1.54) is 5.56 Å². The van der Waals surface area contributed by atoms with E-state index < -0.39 is 0 Å². The molecule has 6 heteroatoms. The molecular weight excluding hydrogens is 326 g/mol. The summed E-state index contributed by atoms with van der Waals surface area (Å²) < 4.78 is 1.80. The monoisotopic (exact) mass is 349 g/mol. The molecule has 1 saturated heterocycles.